The number of hydrogen-bond donors (Lipinski definition) is 0. The van der Waals surface area contributed by atoms with Gasteiger partial charge in [0.05, 0.1) is 18.3 Å². The predicted octanol–water partition coefficient (Wildman–Crippen LogP) is 1.12. The van der Waals surface area contributed by atoms with Crippen LogP contribution < -0.4 is 0 Å². The Kier molecular flexibility index (Phi) is 3.87. The van der Waals surface area contributed by atoms with E-state index >= 15 is 0 Å². The molecule has 0 aromatic carbocycles. The largest absolute Gasteiger partial charge is 0.359 e. The Labute approximate surface area is 112 Å². The second-order valence-electron chi connectivity index (χ2n) is 4.99. The van der Waals surface area contributed by atoms with Crippen LogP contribution >= 0.6 is 0 Å². The second-order valence-corrected chi connectivity index (χ2v) is 4.99. The topological polar surface area (TPSA) is 66.7 Å². The normalized spacial score (nSPS) is 18.7. The molecule has 2 heterocycles. The van der Waals surface area contributed by atoms with Crippen molar-refractivity contribution in [2.75, 3.05) is 20.1 Å². The number of rotatable bonds is 3. The van der Waals surface area contributed by atoms with Crippen LogP contribution in [0.4, 0.5) is 0 Å². The summed E-state index contributed by atoms with van der Waals surface area (Å²) in [4.78, 5) is 26.6. The maximum atomic E-state index is 12.2. The molecule has 0 saturated carbocycles. The fourth-order valence-corrected chi connectivity index (χ4v) is 2.31. The highest BCUT2D eigenvalue weighted by Gasteiger charge is 2.33. The van der Waals surface area contributed by atoms with Gasteiger partial charge in [0.15, 0.2) is 5.76 Å². The van der Waals surface area contributed by atoms with Crippen LogP contribution in [-0.4, -0.2) is 46.9 Å². The standard InChI is InChI=1S/C13H19N3O3/c1-9-7-12(19-14-9)11-5-4-6-16(11)13(18)8-15(3)10(2)17/h7,11H,4-6,8H2,1-3H3. The summed E-state index contributed by atoms with van der Waals surface area (Å²) in [5.74, 6) is 0.572. The third kappa shape index (κ3) is 2.94. The van der Waals surface area contributed by atoms with Crippen molar-refractivity contribution in [3.63, 3.8) is 0 Å². The number of likely N-dealkylation sites (tertiary alicyclic amines) is 1. The molecule has 1 fully saturated rings. The zero-order chi connectivity index (χ0) is 14.0. The molecular weight excluding hydrogens is 246 g/mol. The molecule has 1 saturated heterocycles. The second kappa shape index (κ2) is 5.42. The Morgan fingerprint density at radius 1 is 1.58 bits per heavy atom. The van der Waals surface area contributed by atoms with Crippen molar-refractivity contribution in [1.82, 2.24) is 15.0 Å². The van der Waals surface area contributed by atoms with Crippen molar-refractivity contribution in [3.05, 3.63) is 17.5 Å². The van der Waals surface area contributed by atoms with E-state index in [-0.39, 0.29) is 24.4 Å². The monoisotopic (exact) mass is 265 g/mol. The molecule has 1 aliphatic rings. The summed E-state index contributed by atoms with van der Waals surface area (Å²) in [6.45, 7) is 4.13. The van der Waals surface area contributed by atoms with Crippen LogP contribution in [0.3, 0.4) is 0 Å². The van der Waals surface area contributed by atoms with E-state index in [2.05, 4.69) is 5.16 Å². The molecule has 1 aromatic rings. The molecule has 1 aromatic heterocycles. The molecule has 1 atom stereocenters. The zero-order valence-corrected chi connectivity index (χ0v) is 11.5. The molecule has 19 heavy (non-hydrogen) atoms. The predicted molar refractivity (Wildman–Crippen MR) is 68.2 cm³/mol. The molecule has 104 valence electrons. The first-order valence-corrected chi connectivity index (χ1v) is 6.43. The summed E-state index contributed by atoms with van der Waals surface area (Å²) < 4.78 is 5.26. The Balaban J connectivity index is 2.06. The summed E-state index contributed by atoms with van der Waals surface area (Å²) in [5.41, 5.74) is 0.815. The van der Waals surface area contributed by atoms with Gasteiger partial charge in [-0.1, -0.05) is 5.16 Å². The van der Waals surface area contributed by atoms with Crippen LogP contribution in [0.2, 0.25) is 0 Å². The molecule has 0 radical (unpaired) electrons. The maximum absolute atomic E-state index is 12.2. The van der Waals surface area contributed by atoms with E-state index in [1.54, 1.807) is 11.9 Å². The lowest BCUT2D eigenvalue weighted by molar-refractivity contribution is -0.139. The van der Waals surface area contributed by atoms with Crippen molar-refractivity contribution in [1.29, 1.82) is 0 Å². The molecule has 6 heteroatoms. The van der Waals surface area contributed by atoms with Crippen LogP contribution in [0, 0.1) is 6.92 Å². The molecule has 6 nitrogen and oxygen atoms in total. The number of hydrogen-bond acceptors (Lipinski definition) is 4. The summed E-state index contributed by atoms with van der Waals surface area (Å²) in [5, 5.41) is 3.87. The Hall–Kier alpha value is -1.85. The van der Waals surface area contributed by atoms with Gasteiger partial charge in [0, 0.05) is 26.6 Å². The molecule has 0 spiro atoms. The fourth-order valence-electron chi connectivity index (χ4n) is 2.31. The van der Waals surface area contributed by atoms with Gasteiger partial charge in [-0.25, -0.2) is 0 Å². The van der Waals surface area contributed by atoms with Gasteiger partial charge in [-0.2, -0.15) is 0 Å². The van der Waals surface area contributed by atoms with Gasteiger partial charge in [0.1, 0.15) is 0 Å². The SMILES string of the molecule is CC(=O)N(C)CC(=O)N1CCCC1c1cc(C)no1. The molecule has 1 aliphatic heterocycles. The number of aryl methyl sites for hydroxylation is 1. The van der Waals surface area contributed by atoms with Gasteiger partial charge in [-0.15, -0.1) is 0 Å². The Morgan fingerprint density at radius 2 is 2.32 bits per heavy atom. The minimum absolute atomic E-state index is 0.0470. The van der Waals surface area contributed by atoms with E-state index in [9.17, 15) is 9.59 Å². The average molecular weight is 265 g/mol. The van der Waals surface area contributed by atoms with Crippen LogP contribution in [0.1, 0.15) is 37.3 Å². The van der Waals surface area contributed by atoms with Crippen molar-refractivity contribution >= 4 is 11.8 Å². The molecule has 1 unspecified atom stereocenters. The summed E-state index contributed by atoms with van der Waals surface area (Å²) in [6.07, 6.45) is 1.82. The summed E-state index contributed by atoms with van der Waals surface area (Å²) in [7, 11) is 1.63. The first-order valence-electron chi connectivity index (χ1n) is 6.43. The van der Waals surface area contributed by atoms with E-state index < -0.39 is 0 Å². The van der Waals surface area contributed by atoms with Gasteiger partial charge in [-0.3, -0.25) is 9.59 Å². The van der Waals surface area contributed by atoms with Crippen molar-refractivity contribution in [2.45, 2.75) is 32.7 Å². The van der Waals surface area contributed by atoms with Crippen LogP contribution in [-0.2, 0) is 9.59 Å². The third-order valence-electron chi connectivity index (χ3n) is 3.46. The zero-order valence-electron chi connectivity index (χ0n) is 11.5. The highest BCUT2D eigenvalue weighted by molar-refractivity contribution is 5.84. The molecule has 0 bridgehead atoms. The van der Waals surface area contributed by atoms with Gasteiger partial charge >= 0.3 is 0 Å². The van der Waals surface area contributed by atoms with E-state index in [4.69, 9.17) is 4.52 Å². The first-order chi connectivity index (χ1) is 8.99. The number of likely N-dealkylation sites (N-methyl/N-ethyl adjacent to an activating group) is 1. The minimum atomic E-state index is -0.111. The number of amides is 2. The number of nitrogens with zero attached hydrogens (tertiary/aromatic N) is 3. The van der Waals surface area contributed by atoms with E-state index in [0.717, 1.165) is 24.3 Å². The summed E-state index contributed by atoms with van der Waals surface area (Å²) in [6, 6.07) is 1.82. The Morgan fingerprint density at radius 3 is 2.89 bits per heavy atom. The average Bonchev–Trinajstić information content (AvgIpc) is 2.96. The van der Waals surface area contributed by atoms with Crippen molar-refractivity contribution in [3.8, 4) is 0 Å². The summed E-state index contributed by atoms with van der Waals surface area (Å²) >= 11 is 0. The maximum Gasteiger partial charge on any atom is 0.242 e. The lowest BCUT2D eigenvalue weighted by Crippen LogP contribution is -2.40. The van der Waals surface area contributed by atoms with Crippen molar-refractivity contribution < 1.29 is 14.1 Å². The smallest absolute Gasteiger partial charge is 0.242 e. The Bertz CT molecular complexity index is 483. The lowest BCUT2D eigenvalue weighted by Gasteiger charge is -2.25. The fraction of sp³-hybridized carbons (Fsp3) is 0.615. The third-order valence-corrected chi connectivity index (χ3v) is 3.46. The van der Waals surface area contributed by atoms with Crippen LogP contribution in [0.25, 0.3) is 0 Å². The first kappa shape index (κ1) is 13.6. The van der Waals surface area contributed by atoms with Gasteiger partial charge < -0.3 is 14.3 Å². The number of carbonyl (C=O) groups is 2. The van der Waals surface area contributed by atoms with E-state index in [0.29, 0.717) is 6.54 Å². The molecular formula is C13H19N3O3. The quantitative estimate of drug-likeness (QED) is 0.821. The van der Waals surface area contributed by atoms with Crippen molar-refractivity contribution in [2.24, 2.45) is 0 Å². The molecule has 2 rings (SSSR count). The van der Waals surface area contributed by atoms with E-state index in [1.165, 1.54) is 11.8 Å². The number of carbonyl (C=O) groups excluding carboxylic acids is 2. The van der Waals surface area contributed by atoms with Gasteiger partial charge in [-0.05, 0) is 19.8 Å². The van der Waals surface area contributed by atoms with Gasteiger partial charge in [0.25, 0.3) is 0 Å². The lowest BCUT2D eigenvalue weighted by atomic mass is 10.1. The van der Waals surface area contributed by atoms with E-state index in [1.807, 2.05) is 13.0 Å². The van der Waals surface area contributed by atoms with Crippen LogP contribution in [0.15, 0.2) is 10.6 Å². The highest BCUT2D eigenvalue weighted by Crippen LogP contribution is 2.32. The minimum Gasteiger partial charge on any atom is -0.359 e. The highest BCUT2D eigenvalue weighted by atomic mass is 16.5. The number of aromatic nitrogens is 1. The van der Waals surface area contributed by atoms with Gasteiger partial charge in [0.2, 0.25) is 11.8 Å². The molecule has 0 N–H and O–H groups in total. The molecule has 2 amide bonds. The van der Waals surface area contributed by atoms with Crippen LogP contribution in [0.5, 0.6) is 0 Å². The molecule has 0 aliphatic carbocycles.